The van der Waals surface area contributed by atoms with Gasteiger partial charge < -0.3 is 10.2 Å². The van der Waals surface area contributed by atoms with Gasteiger partial charge in [0.25, 0.3) is 5.69 Å². The van der Waals surface area contributed by atoms with E-state index in [1.165, 1.54) is 0 Å². The largest absolute Gasteiger partial charge is 0.416 e. The van der Waals surface area contributed by atoms with Crippen LogP contribution in [0.25, 0.3) is 0 Å². The average molecular weight is 373 g/mol. The molecule has 1 saturated heterocycles. The molecule has 0 radical (unpaired) electrons. The Bertz CT molecular complexity index is 656. The summed E-state index contributed by atoms with van der Waals surface area (Å²) in [6.45, 7) is 3.43. The Morgan fingerprint density at radius 1 is 1.35 bits per heavy atom. The van der Waals surface area contributed by atoms with Crippen LogP contribution in [-0.2, 0) is 11.0 Å². The lowest BCUT2D eigenvalue weighted by Gasteiger charge is -2.32. The van der Waals surface area contributed by atoms with Crippen molar-refractivity contribution in [2.45, 2.75) is 38.8 Å². The molecule has 0 saturated carbocycles. The van der Waals surface area contributed by atoms with Gasteiger partial charge >= 0.3 is 6.18 Å². The summed E-state index contributed by atoms with van der Waals surface area (Å²) in [5.74, 6) is -0.198. The van der Waals surface area contributed by atoms with Crippen molar-refractivity contribution < 1.29 is 22.9 Å². The molecular formula is C17H22F3N3O3. The third-order valence-corrected chi connectivity index (χ3v) is 4.54. The van der Waals surface area contributed by atoms with Crippen LogP contribution in [0.4, 0.5) is 24.5 Å². The van der Waals surface area contributed by atoms with Gasteiger partial charge in [0, 0.05) is 31.6 Å². The maximum absolute atomic E-state index is 12.8. The van der Waals surface area contributed by atoms with Crippen molar-refractivity contribution in [2.24, 2.45) is 5.92 Å². The molecule has 0 aliphatic carbocycles. The number of alkyl halides is 3. The quantitative estimate of drug-likeness (QED) is 0.468. The predicted molar refractivity (Wildman–Crippen MR) is 91.0 cm³/mol. The second-order valence-corrected chi connectivity index (χ2v) is 6.36. The van der Waals surface area contributed by atoms with Crippen LogP contribution in [0.5, 0.6) is 0 Å². The van der Waals surface area contributed by atoms with Crippen LogP contribution in [0.1, 0.15) is 38.2 Å². The number of benzene rings is 1. The number of carbonyl (C=O) groups is 1. The first kappa shape index (κ1) is 20.0. The van der Waals surface area contributed by atoms with Crippen molar-refractivity contribution in [2.75, 3.05) is 24.5 Å². The number of nitrogens with zero attached hydrogens (tertiary/aromatic N) is 2. The normalized spacial score (nSPS) is 15.8. The average Bonchev–Trinajstić information content (AvgIpc) is 2.60. The van der Waals surface area contributed by atoms with Crippen LogP contribution in [0, 0.1) is 16.0 Å². The number of nitrogens with one attached hydrogen (secondary N) is 1. The number of nitro groups is 1. The van der Waals surface area contributed by atoms with Gasteiger partial charge in [0.1, 0.15) is 5.69 Å². The molecule has 1 heterocycles. The van der Waals surface area contributed by atoms with Crippen LogP contribution in [-0.4, -0.2) is 30.5 Å². The lowest BCUT2D eigenvalue weighted by Crippen LogP contribution is -2.41. The minimum atomic E-state index is -4.63. The number of piperidine rings is 1. The molecule has 26 heavy (non-hydrogen) atoms. The van der Waals surface area contributed by atoms with Crippen LogP contribution < -0.4 is 10.2 Å². The van der Waals surface area contributed by atoms with Crippen molar-refractivity contribution in [3.05, 3.63) is 33.9 Å². The maximum atomic E-state index is 12.8. The lowest BCUT2D eigenvalue weighted by atomic mass is 9.95. The van der Waals surface area contributed by atoms with Gasteiger partial charge in [-0.15, -0.1) is 0 Å². The Hall–Kier alpha value is -2.32. The van der Waals surface area contributed by atoms with Gasteiger partial charge in [0.2, 0.25) is 5.91 Å². The Morgan fingerprint density at radius 3 is 2.54 bits per heavy atom. The monoisotopic (exact) mass is 373 g/mol. The van der Waals surface area contributed by atoms with Gasteiger partial charge in [-0.1, -0.05) is 13.3 Å². The molecule has 6 nitrogen and oxygen atoms in total. The van der Waals surface area contributed by atoms with Gasteiger partial charge in [-0.2, -0.15) is 13.2 Å². The van der Waals surface area contributed by atoms with Gasteiger partial charge in [0.15, 0.2) is 0 Å². The van der Waals surface area contributed by atoms with E-state index < -0.39 is 22.4 Å². The molecule has 0 bridgehead atoms. The number of halogens is 3. The second kappa shape index (κ2) is 8.37. The molecule has 0 aromatic heterocycles. The SMILES string of the molecule is CCCCNC(=O)C1CCN(c2ccc(C(F)(F)F)cc2[N+](=O)[O-])CC1. The molecule has 1 aromatic carbocycles. The second-order valence-electron chi connectivity index (χ2n) is 6.36. The highest BCUT2D eigenvalue weighted by Crippen LogP contribution is 2.37. The molecule has 1 aliphatic rings. The zero-order chi connectivity index (χ0) is 19.3. The van der Waals surface area contributed by atoms with Crippen molar-refractivity contribution in [3.8, 4) is 0 Å². The fraction of sp³-hybridized carbons (Fsp3) is 0.588. The minimum absolute atomic E-state index is 0.0278. The number of nitro benzene ring substituents is 1. The van der Waals surface area contributed by atoms with E-state index >= 15 is 0 Å². The van der Waals surface area contributed by atoms with Gasteiger partial charge in [-0.05, 0) is 31.4 Å². The smallest absolute Gasteiger partial charge is 0.366 e. The summed E-state index contributed by atoms with van der Waals surface area (Å²) in [6.07, 6.45) is -1.72. The van der Waals surface area contributed by atoms with E-state index in [0.29, 0.717) is 38.5 Å². The molecule has 1 fully saturated rings. The molecular weight excluding hydrogens is 351 g/mol. The molecule has 1 aromatic rings. The molecule has 0 atom stereocenters. The molecule has 1 amide bonds. The topological polar surface area (TPSA) is 75.5 Å². The van der Waals surface area contributed by atoms with Crippen LogP contribution in [0.15, 0.2) is 18.2 Å². The first-order valence-electron chi connectivity index (χ1n) is 8.62. The summed E-state index contributed by atoms with van der Waals surface area (Å²) < 4.78 is 38.4. The van der Waals surface area contributed by atoms with Crippen LogP contribution in [0.3, 0.4) is 0 Å². The minimum Gasteiger partial charge on any atom is -0.366 e. The lowest BCUT2D eigenvalue weighted by molar-refractivity contribution is -0.384. The summed E-state index contributed by atoms with van der Waals surface area (Å²) in [5.41, 5.74) is -1.45. The highest BCUT2D eigenvalue weighted by molar-refractivity contribution is 5.79. The number of rotatable bonds is 6. The van der Waals surface area contributed by atoms with E-state index in [0.717, 1.165) is 25.0 Å². The summed E-state index contributed by atoms with van der Waals surface area (Å²) in [6, 6.07) is 2.56. The molecule has 2 rings (SSSR count). The fourth-order valence-corrected chi connectivity index (χ4v) is 3.03. The van der Waals surface area contributed by atoms with Crippen molar-refractivity contribution in [1.82, 2.24) is 5.32 Å². The van der Waals surface area contributed by atoms with Crippen molar-refractivity contribution >= 4 is 17.3 Å². The number of amides is 1. The van der Waals surface area contributed by atoms with Crippen molar-refractivity contribution in [1.29, 1.82) is 0 Å². The van der Waals surface area contributed by atoms with Gasteiger partial charge in [-0.25, -0.2) is 0 Å². The van der Waals surface area contributed by atoms with E-state index in [9.17, 15) is 28.1 Å². The van der Waals surface area contributed by atoms with Crippen LogP contribution >= 0.6 is 0 Å². The number of unbranched alkanes of at least 4 members (excludes halogenated alkanes) is 1. The van der Waals surface area contributed by atoms with Gasteiger partial charge in [-0.3, -0.25) is 14.9 Å². The number of hydrogen-bond donors (Lipinski definition) is 1. The third-order valence-electron chi connectivity index (χ3n) is 4.54. The Morgan fingerprint density at radius 2 is 2.00 bits per heavy atom. The van der Waals surface area contributed by atoms with Gasteiger partial charge in [0.05, 0.1) is 10.5 Å². The summed E-state index contributed by atoms with van der Waals surface area (Å²) >= 11 is 0. The Balaban J connectivity index is 2.07. The maximum Gasteiger partial charge on any atom is 0.416 e. The predicted octanol–water partition coefficient (Wildman–Crippen LogP) is 3.75. The Kier molecular flexibility index (Phi) is 6.44. The van der Waals surface area contributed by atoms with E-state index in [-0.39, 0.29) is 17.5 Å². The summed E-state index contributed by atoms with van der Waals surface area (Å²) in [7, 11) is 0. The molecule has 0 spiro atoms. The highest BCUT2D eigenvalue weighted by Gasteiger charge is 2.34. The molecule has 144 valence electrons. The number of carbonyl (C=O) groups excluding carboxylic acids is 1. The standard InChI is InChI=1S/C17H22F3N3O3/c1-2-3-8-21-16(24)12-6-9-22(10-7-12)14-5-4-13(17(18,19)20)11-15(14)23(25)26/h4-5,11-12H,2-3,6-10H2,1H3,(H,21,24). The van der Waals surface area contributed by atoms with E-state index in [1.807, 2.05) is 6.92 Å². The molecule has 1 aliphatic heterocycles. The zero-order valence-corrected chi connectivity index (χ0v) is 14.5. The summed E-state index contributed by atoms with van der Waals surface area (Å²) in [5, 5.41) is 14.1. The Labute approximate surface area is 149 Å². The number of hydrogen-bond acceptors (Lipinski definition) is 4. The molecule has 9 heteroatoms. The first-order valence-corrected chi connectivity index (χ1v) is 8.62. The van der Waals surface area contributed by atoms with E-state index in [1.54, 1.807) is 4.90 Å². The third kappa shape index (κ3) is 4.86. The van der Waals surface area contributed by atoms with E-state index in [4.69, 9.17) is 0 Å². The highest BCUT2D eigenvalue weighted by atomic mass is 19.4. The fourth-order valence-electron chi connectivity index (χ4n) is 3.03. The number of anilines is 1. The molecule has 1 N–H and O–H groups in total. The van der Waals surface area contributed by atoms with Crippen LogP contribution in [0.2, 0.25) is 0 Å². The van der Waals surface area contributed by atoms with Crippen molar-refractivity contribution in [3.63, 3.8) is 0 Å². The molecule has 0 unspecified atom stereocenters. The van der Waals surface area contributed by atoms with E-state index in [2.05, 4.69) is 5.32 Å². The first-order chi connectivity index (χ1) is 12.2. The summed E-state index contributed by atoms with van der Waals surface area (Å²) in [4.78, 5) is 24.2. The zero-order valence-electron chi connectivity index (χ0n) is 14.5.